The predicted octanol–water partition coefficient (Wildman–Crippen LogP) is 2.53. The van der Waals surface area contributed by atoms with Gasteiger partial charge < -0.3 is 15.2 Å². The predicted molar refractivity (Wildman–Crippen MR) is 110 cm³/mol. The molecule has 2 atom stereocenters. The number of ether oxygens (including phenoxy) is 1. The largest absolute Gasteiger partial charge is 0.388 e. The van der Waals surface area contributed by atoms with Crippen molar-refractivity contribution < 1.29 is 19.0 Å². The van der Waals surface area contributed by atoms with Crippen LogP contribution in [-0.4, -0.2) is 57.8 Å². The number of hydrogen-bond donors (Lipinski definition) is 2. The van der Waals surface area contributed by atoms with E-state index in [1.54, 1.807) is 36.5 Å². The topological polar surface area (TPSA) is 74.7 Å². The fraction of sp³-hybridized carbons (Fsp3) is 0.478. The molecule has 7 heteroatoms. The molecule has 2 saturated heterocycles. The number of nitrogens with one attached hydrogen (secondary N) is 1. The number of carbonyl (C=O) groups is 1. The van der Waals surface area contributed by atoms with E-state index in [1.165, 1.54) is 6.07 Å². The maximum Gasteiger partial charge on any atom is 0.270 e. The van der Waals surface area contributed by atoms with Crippen LogP contribution in [0.1, 0.15) is 42.2 Å². The number of rotatable bonds is 4. The van der Waals surface area contributed by atoms with Crippen molar-refractivity contribution in [1.29, 1.82) is 0 Å². The smallest absolute Gasteiger partial charge is 0.270 e. The fourth-order valence-corrected chi connectivity index (χ4v) is 4.61. The Morgan fingerprint density at radius 1 is 1.27 bits per heavy atom. The van der Waals surface area contributed by atoms with E-state index in [4.69, 9.17) is 4.74 Å². The van der Waals surface area contributed by atoms with E-state index in [9.17, 15) is 14.3 Å². The van der Waals surface area contributed by atoms with Gasteiger partial charge in [0.15, 0.2) is 0 Å². The van der Waals surface area contributed by atoms with Crippen LogP contribution in [-0.2, 0) is 11.3 Å². The molecule has 0 unspecified atom stereocenters. The molecule has 160 valence electrons. The number of amides is 1. The number of halogens is 1. The zero-order valence-electron chi connectivity index (χ0n) is 17.2. The first-order valence-electron chi connectivity index (χ1n) is 10.4. The van der Waals surface area contributed by atoms with Gasteiger partial charge in [-0.3, -0.25) is 14.7 Å². The Bertz CT molecular complexity index is 886. The molecule has 4 rings (SSSR count). The van der Waals surface area contributed by atoms with E-state index >= 15 is 0 Å². The van der Waals surface area contributed by atoms with Gasteiger partial charge in [-0.15, -0.1) is 0 Å². The van der Waals surface area contributed by atoms with Gasteiger partial charge in [0.05, 0.1) is 11.1 Å². The van der Waals surface area contributed by atoms with E-state index in [1.807, 2.05) is 13.0 Å². The van der Waals surface area contributed by atoms with Crippen LogP contribution in [0.4, 0.5) is 4.39 Å². The minimum absolute atomic E-state index is 0.230. The van der Waals surface area contributed by atoms with Crippen LogP contribution < -0.4 is 5.32 Å². The Hall–Kier alpha value is -2.35. The average Bonchev–Trinajstić information content (AvgIpc) is 2.74. The second-order valence-corrected chi connectivity index (χ2v) is 8.56. The number of aliphatic hydroxyl groups is 1. The van der Waals surface area contributed by atoms with Crippen molar-refractivity contribution >= 4 is 5.91 Å². The Balaban J connectivity index is 1.41. The minimum Gasteiger partial charge on any atom is -0.388 e. The van der Waals surface area contributed by atoms with Crippen molar-refractivity contribution in [2.45, 2.75) is 50.0 Å². The van der Waals surface area contributed by atoms with Gasteiger partial charge in [0.1, 0.15) is 17.6 Å². The van der Waals surface area contributed by atoms with Crippen LogP contribution in [0.15, 0.2) is 48.7 Å². The lowest BCUT2D eigenvalue weighted by molar-refractivity contribution is -0.205. The van der Waals surface area contributed by atoms with E-state index < -0.39 is 17.2 Å². The minimum atomic E-state index is -0.831. The van der Waals surface area contributed by atoms with Crippen LogP contribution in [0.25, 0.3) is 0 Å². The third-order valence-electron chi connectivity index (χ3n) is 6.41. The number of carbonyl (C=O) groups excluding carboxylic acids is 1. The number of benzene rings is 1. The summed E-state index contributed by atoms with van der Waals surface area (Å²) in [5, 5.41) is 14.3. The van der Waals surface area contributed by atoms with Gasteiger partial charge in [0.2, 0.25) is 0 Å². The van der Waals surface area contributed by atoms with Gasteiger partial charge >= 0.3 is 0 Å². The van der Waals surface area contributed by atoms with E-state index in [0.717, 1.165) is 18.7 Å². The lowest BCUT2D eigenvalue weighted by Gasteiger charge is -2.53. The summed E-state index contributed by atoms with van der Waals surface area (Å²) in [5.41, 5.74) is -0.222. The molecular weight excluding hydrogens is 385 g/mol. The van der Waals surface area contributed by atoms with Gasteiger partial charge in [-0.25, -0.2) is 4.39 Å². The summed E-state index contributed by atoms with van der Waals surface area (Å²) in [5.74, 6) is -0.524. The summed E-state index contributed by atoms with van der Waals surface area (Å²) >= 11 is 0. The highest BCUT2D eigenvalue weighted by Crippen LogP contribution is 2.40. The number of aromatic nitrogens is 1. The van der Waals surface area contributed by atoms with Gasteiger partial charge in [0.25, 0.3) is 5.91 Å². The van der Waals surface area contributed by atoms with Crippen LogP contribution in [0.5, 0.6) is 0 Å². The molecule has 0 saturated carbocycles. The summed E-state index contributed by atoms with van der Waals surface area (Å²) < 4.78 is 19.6. The molecule has 2 aliphatic rings. The second-order valence-electron chi connectivity index (χ2n) is 8.56. The van der Waals surface area contributed by atoms with Crippen molar-refractivity contribution in [3.8, 4) is 0 Å². The van der Waals surface area contributed by atoms with Crippen molar-refractivity contribution in [2.75, 3.05) is 19.7 Å². The number of pyridine rings is 1. The number of aliphatic hydroxyl groups excluding tert-OH is 1. The fourth-order valence-electron chi connectivity index (χ4n) is 4.61. The zero-order valence-corrected chi connectivity index (χ0v) is 17.2. The monoisotopic (exact) mass is 413 g/mol. The van der Waals surface area contributed by atoms with Crippen LogP contribution in [0.3, 0.4) is 0 Å². The molecule has 1 amide bonds. The molecule has 1 aromatic heterocycles. The Morgan fingerprint density at radius 3 is 2.77 bits per heavy atom. The first-order chi connectivity index (χ1) is 14.4. The third kappa shape index (κ3) is 4.24. The number of hydrogen-bond acceptors (Lipinski definition) is 5. The SMILES string of the molecule is C[C@@]1(NC(=O)c2ccccn2)CCOC2(CCN(Cc3cccc(F)c3)CC2)[C@H]1O. The first-order valence-corrected chi connectivity index (χ1v) is 10.4. The highest BCUT2D eigenvalue weighted by atomic mass is 19.1. The van der Waals surface area contributed by atoms with Gasteiger partial charge in [0, 0.05) is 32.4 Å². The summed E-state index contributed by atoms with van der Waals surface area (Å²) in [6, 6.07) is 11.8. The first kappa shape index (κ1) is 20.9. The summed E-state index contributed by atoms with van der Waals surface area (Å²) in [7, 11) is 0. The lowest BCUT2D eigenvalue weighted by atomic mass is 9.73. The molecule has 3 heterocycles. The average molecular weight is 413 g/mol. The molecule has 1 spiro atoms. The zero-order chi connectivity index (χ0) is 21.2. The van der Waals surface area contributed by atoms with Gasteiger partial charge in [-0.2, -0.15) is 0 Å². The lowest BCUT2D eigenvalue weighted by Crippen LogP contribution is -2.69. The Labute approximate surface area is 176 Å². The van der Waals surface area contributed by atoms with Crippen LogP contribution in [0, 0.1) is 5.82 Å². The van der Waals surface area contributed by atoms with Crippen molar-refractivity contribution in [2.24, 2.45) is 0 Å². The second kappa shape index (κ2) is 8.41. The summed E-state index contributed by atoms with van der Waals surface area (Å²) in [4.78, 5) is 19.0. The van der Waals surface area contributed by atoms with E-state index in [0.29, 0.717) is 38.1 Å². The molecule has 30 heavy (non-hydrogen) atoms. The number of piperidine rings is 1. The quantitative estimate of drug-likeness (QED) is 0.806. The molecule has 2 aliphatic heterocycles. The van der Waals surface area contributed by atoms with Crippen molar-refractivity contribution in [3.63, 3.8) is 0 Å². The van der Waals surface area contributed by atoms with E-state index in [2.05, 4.69) is 15.2 Å². The normalized spacial score (nSPS) is 26.4. The van der Waals surface area contributed by atoms with Gasteiger partial charge in [-0.05, 0) is 56.0 Å². The molecule has 2 N–H and O–H groups in total. The van der Waals surface area contributed by atoms with Crippen molar-refractivity contribution in [1.82, 2.24) is 15.2 Å². The molecule has 0 bridgehead atoms. The molecule has 0 radical (unpaired) electrons. The Morgan fingerprint density at radius 2 is 2.07 bits per heavy atom. The van der Waals surface area contributed by atoms with Crippen LogP contribution in [0.2, 0.25) is 0 Å². The van der Waals surface area contributed by atoms with Crippen LogP contribution >= 0.6 is 0 Å². The standard InChI is InChI=1S/C23H28FN3O3/c1-22(26-20(28)19-7-2-3-11-25-19)10-14-30-23(21(22)29)8-12-27(13-9-23)16-17-5-4-6-18(24)15-17/h2-7,11,15,21,29H,8-10,12-14,16H2,1H3,(H,26,28)/t21-,22+/m0/s1. The third-order valence-corrected chi connectivity index (χ3v) is 6.41. The maximum atomic E-state index is 13.5. The van der Waals surface area contributed by atoms with E-state index in [-0.39, 0.29) is 11.7 Å². The van der Waals surface area contributed by atoms with Gasteiger partial charge in [-0.1, -0.05) is 18.2 Å². The molecule has 2 aromatic rings. The highest BCUT2D eigenvalue weighted by molar-refractivity contribution is 5.92. The molecular formula is C23H28FN3O3. The molecule has 6 nitrogen and oxygen atoms in total. The number of nitrogens with zero attached hydrogens (tertiary/aromatic N) is 2. The summed E-state index contributed by atoms with van der Waals surface area (Å²) in [6.45, 7) is 4.48. The molecule has 0 aliphatic carbocycles. The Kier molecular flexibility index (Phi) is 5.86. The highest BCUT2D eigenvalue weighted by Gasteiger charge is 2.53. The molecule has 1 aromatic carbocycles. The van der Waals surface area contributed by atoms with Crippen molar-refractivity contribution in [3.05, 3.63) is 65.7 Å². The summed E-state index contributed by atoms with van der Waals surface area (Å²) in [6.07, 6.45) is 2.58. The maximum absolute atomic E-state index is 13.5. The number of likely N-dealkylation sites (tertiary alicyclic amines) is 1. The molecule has 2 fully saturated rings.